The molecule has 0 aromatic heterocycles. The molecule has 1 fully saturated rings. The number of carbonyl (C=O) groups is 4. The van der Waals surface area contributed by atoms with Crippen molar-refractivity contribution < 1.29 is 23.9 Å². The van der Waals surface area contributed by atoms with Crippen LogP contribution in [0, 0.1) is 0 Å². The molecule has 4 amide bonds. The summed E-state index contributed by atoms with van der Waals surface area (Å²) < 4.78 is 4.62. The lowest BCUT2D eigenvalue weighted by Gasteiger charge is -2.21. The van der Waals surface area contributed by atoms with Crippen LogP contribution in [-0.4, -0.2) is 30.9 Å². The number of ether oxygens (including phenoxy) is 1. The van der Waals surface area contributed by atoms with Crippen molar-refractivity contribution in [2.45, 2.75) is 12.5 Å². The predicted molar refractivity (Wildman–Crippen MR) is 96.2 cm³/mol. The van der Waals surface area contributed by atoms with Crippen molar-refractivity contribution in [1.29, 1.82) is 0 Å². The second-order valence-electron chi connectivity index (χ2n) is 6.13. The molecule has 1 unspecified atom stereocenters. The van der Waals surface area contributed by atoms with Gasteiger partial charge in [0.05, 0.1) is 12.7 Å². The van der Waals surface area contributed by atoms with E-state index in [-0.39, 0.29) is 5.91 Å². The highest BCUT2D eigenvalue weighted by atomic mass is 16.5. The van der Waals surface area contributed by atoms with E-state index in [4.69, 9.17) is 0 Å². The molecule has 1 saturated heterocycles. The number of rotatable bonds is 4. The van der Waals surface area contributed by atoms with Gasteiger partial charge in [-0.1, -0.05) is 12.1 Å². The minimum absolute atomic E-state index is 0.350. The number of nitrogens with one attached hydrogen (secondary N) is 3. The summed E-state index contributed by atoms with van der Waals surface area (Å²) in [6.45, 7) is 1.59. The Bertz CT molecular complexity index is 921. The van der Waals surface area contributed by atoms with E-state index < -0.39 is 23.4 Å². The van der Waals surface area contributed by atoms with Gasteiger partial charge in [-0.15, -0.1) is 0 Å². The van der Waals surface area contributed by atoms with E-state index in [0.717, 1.165) is 0 Å². The van der Waals surface area contributed by atoms with Crippen LogP contribution >= 0.6 is 0 Å². The van der Waals surface area contributed by atoms with Crippen molar-refractivity contribution in [1.82, 2.24) is 10.6 Å². The number of esters is 1. The second-order valence-corrected chi connectivity index (χ2v) is 6.13. The number of hydrogen-bond donors (Lipinski definition) is 3. The lowest BCUT2D eigenvalue weighted by atomic mass is 9.91. The first-order valence-corrected chi connectivity index (χ1v) is 8.07. The molecule has 0 saturated carbocycles. The molecule has 3 N–H and O–H groups in total. The Morgan fingerprint density at radius 3 is 2.07 bits per heavy atom. The third kappa shape index (κ3) is 3.50. The largest absolute Gasteiger partial charge is 0.465 e. The highest BCUT2D eigenvalue weighted by molar-refractivity contribution is 6.07. The van der Waals surface area contributed by atoms with Crippen LogP contribution in [0.25, 0.3) is 0 Å². The van der Waals surface area contributed by atoms with Crippen LogP contribution in [-0.2, 0) is 15.1 Å². The number of imide groups is 1. The molecule has 138 valence electrons. The van der Waals surface area contributed by atoms with Gasteiger partial charge in [0.25, 0.3) is 11.8 Å². The average Bonchev–Trinajstić information content (AvgIpc) is 2.94. The third-order valence-electron chi connectivity index (χ3n) is 4.33. The Morgan fingerprint density at radius 2 is 1.56 bits per heavy atom. The molecule has 0 aliphatic carbocycles. The maximum absolute atomic E-state index is 12.4. The van der Waals surface area contributed by atoms with Gasteiger partial charge in [0.2, 0.25) is 0 Å². The fraction of sp³-hybridized carbons (Fsp3) is 0.158. The molecule has 8 heteroatoms. The zero-order valence-corrected chi connectivity index (χ0v) is 14.7. The van der Waals surface area contributed by atoms with Gasteiger partial charge in [0, 0.05) is 11.3 Å². The van der Waals surface area contributed by atoms with Gasteiger partial charge in [-0.2, -0.15) is 0 Å². The molecule has 0 bridgehead atoms. The average molecular weight is 367 g/mol. The maximum atomic E-state index is 12.4. The summed E-state index contributed by atoms with van der Waals surface area (Å²) in [4.78, 5) is 47.1. The summed E-state index contributed by atoms with van der Waals surface area (Å²) in [7, 11) is 1.29. The van der Waals surface area contributed by atoms with E-state index in [0.29, 0.717) is 22.4 Å². The Labute approximate surface area is 154 Å². The highest BCUT2D eigenvalue weighted by Gasteiger charge is 2.43. The molecule has 2 aromatic carbocycles. The van der Waals surface area contributed by atoms with E-state index >= 15 is 0 Å². The van der Waals surface area contributed by atoms with Gasteiger partial charge < -0.3 is 15.4 Å². The number of urea groups is 1. The normalized spacial score (nSPS) is 18.4. The van der Waals surface area contributed by atoms with Crippen LogP contribution in [0.15, 0.2) is 48.5 Å². The van der Waals surface area contributed by atoms with Gasteiger partial charge in [-0.05, 0) is 48.9 Å². The molecular formula is C19H17N3O5. The summed E-state index contributed by atoms with van der Waals surface area (Å²) in [5, 5.41) is 7.47. The summed E-state index contributed by atoms with van der Waals surface area (Å²) in [6.07, 6.45) is 0. The Hall–Kier alpha value is -3.68. The number of hydrogen-bond acceptors (Lipinski definition) is 5. The first kappa shape index (κ1) is 18.1. The molecule has 8 nitrogen and oxygen atoms in total. The number of benzene rings is 2. The minimum Gasteiger partial charge on any atom is -0.465 e. The number of methoxy groups -OCH3 is 1. The summed E-state index contributed by atoms with van der Waals surface area (Å²) in [5.41, 5.74) is 0.667. The molecule has 1 atom stereocenters. The van der Waals surface area contributed by atoms with Crippen molar-refractivity contribution in [2.24, 2.45) is 0 Å². The molecule has 2 aromatic rings. The number of amides is 4. The Morgan fingerprint density at radius 1 is 0.963 bits per heavy atom. The lowest BCUT2D eigenvalue weighted by molar-refractivity contribution is -0.123. The fourth-order valence-electron chi connectivity index (χ4n) is 2.71. The molecule has 3 rings (SSSR count). The molecule has 0 radical (unpaired) electrons. The summed E-state index contributed by atoms with van der Waals surface area (Å²) >= 11 is 0. The molecule has 1 aliphatic rings. The van der Waals surface area contributed by atoms with Crippen LogP contribution in [0.5, 0.6) is 0 Å². The van der Waals surface area contributed by atoms with Crippen LogP contribution in [0.3, 0.4) is 0 Å². The topological polar surface area (TPSA) is 114 Å². The van der Waals surface area contributed by atoms with E-state index in [1.165, 1.54) is 7.11 Å². The van der Waals surface area contributed by atoms with E-state index in [1.807, 2.05) is 0 Å². The molecule has 1 aliphatic heterocycles. The van der Waals surface area contributed by atoms with Crippen LogP contribution < -0.4 is 16.0 Å². The predicted octanol–water partition coefficient (Wildman–Crippen LogP) is 1.78. The second kappa shape index (κ2) is 6.91. The summed E-state index contributed by atoms with van der Waals surface area (Å²) in [5.74, 6) is -1.26. The van der Waals surface area contributed by atoms with Gasteiger partial charge in [0.1, 0.15) is 5.54 Å². The van der Waals surface area contributed by atoms with Crippen LogP contribution in [0.4, 0.5) is 10.5 Å². The highest BCUT2D eigenvalue weighted by Crippen LogP contribution is 2.24. The van der Waals surface area contributed by atoms with Crippen molar-refractivity contribution in [3.8, 4) is 0 Å². The van der Waals surface area contributed by atoms with E-state index in [2.05, 4.69) is 20.7 Å². The van der Waals surface area contributed by atoms with Gasteiger partial charge in [0.15, 0.2) is 0 Å². The molecule has 1 heterocycles. The standard InChI is InChI=1S/C19H17N3O5/c1-19(17(25)21-18(26)22-19)13-7-3-11(4-8-13)15(23)20-14-9-5-12(6-10-14)16(24)27-2/h3-10H,1-2H3,(H,20,23)(H2,21,22,25,26). The first-order valence-electron chi connectivity index (χ1n) is 8.07. The van der Waals surface area contributed by atoms with Crippen LogP contribution in [0.1, 0.15) is 33.2 Å². The number of anilines is 1. The fourth-order valence-corrected chi connectivity index (χ4v) is 2.71. The minimum atomic E-state index is -1.17. The lowest BCUT2D eigenvalue weighted by Crippen LogP contribution is -2.40. The summed E-state index contributed by atoms with van der Waals surface area (Å²) in [6, 6.07) is 12.1. The quantitative estimate of drug-likeness (QED) is 0.563. The molecule has 0 spiro atoms. The smallest absolute Gasteiger partial charge is 0.337 e. The first-order chi connectivity index (χ1) is 12.8. The Balaban J connectivity index is 1.72. The zero-order chi connectivity index (χ0) is 19.6. The van der Waals surface area contributed by atoms with Crippen molar-refractivity contribution in [2.75, 3.05) is 12.4 Å². The molecule has 27 heavy (non-hydrogen) atoms. The SMILES string of the molecule is COC(=O)c1ccc(NC(=O)c2ccc(C3(C)NC(=O)NC3=O)cc2)cc1. The van der Waals surface area contributed by atoms with Gasteiger partial charge in [-0.25, -0.2) is 9.59 Å². The Kier molecular flexibility index (Phi) is 4.64. The van der Waals surface area contributed by atoms with Crippen LogP contribution in [0.2, 0.25) is 0 Å². The van der Waals surface area contributed by atoms with E-state index in [9.17, 15) is 19.2 Å². The maximum Gasteiger partial charge on any atom is 0.337 e. The monoisotopic (exact) mass is 367 g/mol. The van der Waals surface area contributed by atoms with Crippen molar-refractivity contribution >= 4 is 29.5 Å². The van der Waals surface area contributed by atoms with Gasteiger partial charge >= 0.3 is 12.0 Å². The zero-order valence-electron chi connectivity index (χ0n) is 14.7. The van der Waals surface area contributed by atoms with Gasteiger partial charge in [-0.3, -0.25) is 14.9 Å². The molecular weight excluding hydrogens is 350 g/mol. The third-order valence-corrected chi connectivity index (χ3v) is 4.33. The van der Waals surface area contributed by atoms with Crippen molar-refractivity contribution in [3.05, 3.63) is 65.2 Å². The number of carbonyl (C=O) groups excluding carboxylic acids is 4. The van der Waals surface area contributed by atoms with Crippen molar-refractivity contribution in [3.63, 3.8) is 0 Å². The van der Waals surface area contributed by atoms with E-state index in [1.54, 1.807) is 55.5 Å².